The van der Waals surface area contributed by atoms with Crippen molar-refractivity contribution in [2.45, 2.75) is 6.42 Å². The molecule has 17 heavy (non-hydrogen) atoms. The van der Waals surface area contributed by atoms with E-state index < -0.39 is 10.0 Å². The summed E-state index contributed by atoms with van der Waals surface area (Å²) in [4.78, 5) is 13.1. The van der Waals surface area contributed by atoms with Crippen molar-refractivity contribution >= 4 is 48.3 Å². The second kappa shape index (κ2) is 4.59. The van der Waals surface area contributed by atoms with Crippen LogP contribution in [0.3, 0.4) is 0 Å². The van der Waals surface area contributed by atoms with Crippen LogP contribution in [0, 0.1) is 5.92 Å². The number of aromatic nitrogens is 2. The monoisotopic (exact) mass is 340 g/mol. The zero-order valence-electron chi connectivity index (χ0n) is 8.54. The summed E-state index contributed by atoms with van der Waals surface area (Å²) in [5, 5.41) is 13.0. The van der Waals surface area contributed by atoms with Gasteiger partial charge in [-0.15, -0.1) is 10.2 Å². The van der Waals surface area contributed by atoms with Gasteiger partial charge in [0.25, 0.3) is 0 Å². The Balaban J connectivity index is 2.10. The highest BCUT2D eigenvalue weighted by molar-refractivity contribution is 9.11. The van der Waals surface area contributed by atoms with Crippen LogP contribution >= 0.6 is 27.3 Å². The molecule has 0 saturated carbocycles. The second-order valence-electron chi connectivity index (χ2n) is 3.74. The number of anilines is 1. The summed E-state index contributed by atoms with van der Waals surface area (Å²) in [5.74, 6) is -0.614. The lowest BCUT2D eigenvalue weighted by Crippen LogP contribution is -2.27. The van der Waals surface area contributed by atoms with Gasteiger partial charge < -0.3 is 0 Å². The average molecular weight is 341 g/mol. The van der Waals surface area contributed by atoms with Crippen LogP contribution in [0.25, 0.3) is 0 Å². The average Bonchev–Trinajstić information content (AvgIpc) is 2.70. The van der Waals surface area contributed by atoms with Crippen molar-refractivity contribution in [3.05, 3.63) is 3.92 Å². The van der Waals surface area contributed by atoms with Gasteiger partial charge in [-0.25, -0.2) is 13.6 Å². The normalized spacial score (nSPS) is 21.2. The Morgan fingerprint density at radius 1 is 1.53 bits per heavy atom. The number of hydrogen-bond donors (Lipinski definition) is 1. The van der Waals surface area contributed by atoms with Crippen molar-refractivity contribution in [2.75, 3.05) is 17.2 Å². The van der Waals surface area contributed by atoms with Crippen LogP contribution in [0.5, 0.6) is 0 Å². The zero-order chi connectivity index (χ0) is 12.6. The molecule has 1 unspecified atom stereocenters. The lowest BCUT2D eigenvalue weighted by atomic mass is 10.1. The molecule has 7 nitrogen and oxygen atoms in total. The van der Waals surface area contributed by atoms with Gasteiger partial charge in [0.05, 0.1) is 5.75 Å². The van der Waals surface area contributed by atoms with Gasteiger partial charge in [0.1, 0.15) is 0 Å². The Hall–Kier alpha value is -0.580. The number of hydrogen-bond acceptors (Lipinski definition) is 6. The van der Waals surface area contributed by atoms with E-state index in [4.69, 9.17) is 5.14 Å². The molecule has 1 aromatic rings. The molecule has 1 aromatic heterocycles. The van der Waals surface area contributed by atoms with Gasteiger partial charge in [-0.05, 0) is 15.9 Å². The highest BCUT2D eigenvalue weighted by atomic mass is 79.9. The van der Waals surface area contributed by atoms with E-state index in [-0.39, 0.29) is 24.0 Å². The highest BCUT2D eigenvalue weighted by Gasteiger charge is 2.34. The fraction of sp³-hybridized carbons (Fsp3) is 0.571. The molecule has 94 valence electrons. The molecular weight excluding hydrogens is 332 g/mol. The summed E-state index contributed by atoms with van der Waals surface area (Å²) in [6, 6.07) is 0. The summed E-state index contributed by atoms with van der Waals surface area (Å²) in [5.41, 5.74) is 0. The van der Waals surface area contributed by atoms with Crippen molar-refractivity contribution in [1.29, 1.82) is 0 Å². The van der Waals surface area contributed by atoms with Crippen LogP contribution in [0.2, 0.25) is 0 Å². The van der Waals surface area contributed by atoms with Crippen LogP contribution in [0.4, 0.5) is 5.13 Å². The number of primary sulfonamides is 1. The first-order chi connectivity index (χ1) is 7.85. The molecule has 0 spiro atoms. The van der Waals surface area contributed by atoms with E-state index in [1.807, 2.05) is 0 Å². The SMILES string of the molecule is NS(=O)(=O)CC1CC(=O)N(c2nnc(Br)s2)C1. The second-order valence-corrected chi connectivity index (χ2v) is 7.63. The Morgan fingerprint density at radius 3 is 2.76 bits per heavy atom. The summed E-state index contributed by atoms with van der Waals surface area (Å²) in [6.07, 6.45) is 0.174. The number of amides is 1. The molecule has 2 N–H and O–H groups in total. The van der Waals surface area contributed by atoms with Crippen molar-refractivity contribution in [3.8, 4) is 0 Å². The first-order valence-corrected chi connectivity index (χ1v) is 7.97. The highest BCUT2D eigenvalue weighted by Crippen LogP contribution is 2.29. The van der Waals surface area contributed by atoms with Crippen LogP contribution in [-0.2, 0) is 14.8 Å². The Labute approximate surface area is 110 Å². The quantitative estimate of drug-likeness (QED) is 0.829. The number of halogens is 1. The molecular formula is C7H9BrN4O3S2. The number of carbonyl (C=O) groups is 1. The molecule has 1 aliphatic heterocycles. The van der Waals surface area contributed by atoms with E-state index >= 15 is 0 Å². The maximum atomic E-state index is 11.7. The topological polar surface area (TPSA) is 106 Å². The van der Waals surface area contributed by atoms with Gasteiger partial charge in [0.2, 0.25) is 21.1 Å². The molecule has 1 aliphatic rings. The first kappa shape index (κ1) is 12.9. The largest absolute Gasteiger partial charge is 0.286 e. The van der Waals surface area contributed by atoms with E-state index in [9.17, 15) is 13.2 Å². The third kappa shape index (κ3) is 3.21. The molecule has 10 heteroatoms. The molecule has 2 rings (SSSR count). The third-order valence-electron chi connectivity index (χ3n) is 2.29. The lowest BCUT2D eigenvalue weighted by Gasteiger charge is -2.11. The van der Waals surface area contributed by atoms with Crippen molar-refractivity contribution in [1.82, 2.24) is 10.2 Å². The predicted molar refractivity (Wildman–Crippen MR) is 66.0 cm³/mol. The Bertz CT molecular complexity index is 543. The maximum absolute atomic E-state index is 11.7. The maximum Gasteiger partial charge on any atom is 0.229 e. The standard InChI is InChI=1S/C7H9BrN4O3S2/c8-6-10-11-7(16-6)12-2-4(1-5(12)13)3-17(9,14)15/h4H,1-3H2,(H2,9,14,15). The number of sulfonamides is 1. The zero-order valence-corrected chi connectivity index (χ0v) is 11.8. The predicted octanol–water partition coefficient (Wildman–Crippen LogP) is -0.0580. The minimum absolute atomic E-state index is 0.151. The minimum atomic E-state index is -3.55. The number of nitrogens with zero attached hydrogens (tertiary/aromatic N) is 3. The molecule has 1 atom stereocenters. The van der Waals surface area contributed by atoms with E-state index in [1.165, 1.54) is 16.2 Å². The van der Waals surface area contributed by atoms with E-state index in [0.717, 1.165) is 0 Å². The van der Waals surface area contributed by atoms with Crippen molar-refractivity contribution < 1.29 is 13.2 Å². The molecule has 1 fully saturated rings. The van der Waals surface area contributed by atoms with Crippen LogP contribution in [-0.4, -0.2) is 36.8 Å². The number of nitrogens with two attached hydrogens (primary N) is 1. The molecule has 0 radical (unpaired) electrons. The van der Waals surface area contributed by atoms with Gasteiger partial charge in [-0.1, -0.05) is 11.3 Å². The summed E-state index contributed by atoms with van der Waals surface area (Å²) >= 11 is 4.38. The van der Waals surface area contributed by atoms with Gasteiger partial charge in [-0.2, -0.15) is 0 Å². The molecule has 0 aliphatic carbocycles. The van der Waals surface area contributed by atoms with Gasteiger partial charge in [0, 0.05) is 18.9 Å². The third-order valence-corrected chi connectivity index (χ3v) is 4.61. The van der Waals surface area contributed by atoms with Crippen LogP contribution in [0.1, 0.15) is 6.42 Å². The molecule has 1 amide bonds. The van der Waals surface area contributed by atoms with E-state index in [0.29, 0.717) is 15.6 Å². The minimum Gasteiger partial charge on any atom is -0.286 e. The first-order valence-electron chi connectivity index (χ1n) is 4.65. The summed E-state index contributed by atoms with van der Waals surface area (Å²) < 4.78 is 22.5. The van der Waals surface area contributed by atoms with Crippen LogP contribution in [0.15, 0.2) is 3.92 Å². The Kier molecular flexibility index (Phi) is 3.48. The molecule has 1 saturated heterocycles. The number of carbonyl (C=O) groups excluding carboxylic acids is 1. The van der Waals surface area contributed by atoms with E-state index in [1.54, 1.807) is 0 Å². The van der Waals surface area contributed by atoms with E-state index in [2.05, 4.69) is 26.1 Å². The van der Waals surface area contributed by atoms with Crippen LogP contribution < -0.4 is 10.0 Å². The van der Waals surface area contributed by atoms with Crippen molar-refractivity contribution in [2.24, 2.45) is 11.1 Å². The summed E-state index contributed by atoms with van der Waals surface area (Å²) in [6.45, 7) is 0.316. The molecule has 0 aromatic carbocycles. The van der Waals surface area contributed by atoms with Gasteiger partial charge in [0.15, 0.2) is 3.92 Å². The fourth-order valence-electron chi connectivity index (χ4n) is 1.71. The summed E-state index contributed by atoms with van der Waals surface area (Å²) in [7, 11) is -3.55. The smallest absolute Gasteiger partial charge is 0.229 e. The Morgan fingerprint density at radius 2 is 2.24 bits per heavy atom. The lowest BCUT2D eigenvalue weighted by molar-refractivity contribution is -0.117. The van der Waals surface area contributed by atoms with Crippen molar-refractivity contribution in [3.63, 3.8) is 0 Å². The molecule has 0 bridgehead atoms. The molecule has 2 heterocycles. The number of rotatable bonds is 3. The van der Waals surface area contributed by atoms with Gasteiger partial charge in [-0.3, -0.25) is 9.69 Å². The fourth-order valence-corrected chi connectivity index (χ4v) is 3.71. The van der Waals surface area contributed by atoms with Gasteiger partial charge >= 0.3 is 0 Å².